The van der Waals surface area contributed by atoms with Crippen LogP contribution in [0.25, 0.3) is 33.4 Å². The van der Waals surface area contributed by atoms with Gasteiger partial charge in [0.2, 0.25) is 0 Å². The highest BCUT2D eigenvalue weighted by atomic mass is 19.1. The second-order valence-corrected chi connectivity index (χ2v) is 8.86. The molecular weight excluding hydrogens is 516 g/mol. The smallest absolute Gasteiger partial charge is 0.322 e. The molecule has 0 bridgehead atoms. The van der Waals surface area contributed by atoms with Crippen molar-refractivity contribution in [3.63, 3.8) is 0 Å². The van der Waals surface area contributed by atoms with Crippen LogP contribution in [0.5, 0.6) is 11.8 Å². The molecule has 2 aromatic carbocycles. The van der Waals surface area contributed by atoms with Gasteiger partial charge in [0.15, 0.2) is 17.4 Å². The molecule has 11 heteroatoms. The van der Waals surface area contributed by atoms with Gasteiger partial charge in [0.1, 0.15) is 24.1 Å². The van der Waals surface area contributed by atoms with Gasteiger partial charge in [-0.1, -0.05) is 24.8 Å². The van der Waals surface area contributed by atoms with E-state index in [0.717, 1.165) is 29.4 Å². The molecule has 9 nitrogen and oxygen atoms in total. The number of nitrogens with one attached hydrogen (secondary N) is 1. The van der Waals surface area contributed by atoms with E-state index in [0.29, 0.717) is 27.7 Å². The monoisotopic (exact) mass is 543 g/mol. The Morgan fingerprint density at radius 1 is 1.07 bits per heavy atom. The van der Waals surface area contributed by atoms with Gasteiger partial charge in [-0.2, -0.15) is 4.98 Å². The van der Waals surface area contributed by atoms with Gasteiger partial charge in [-0.15, -0.1) is 0 Å². The van der Waals surface area contributed by atoms with Crippen LogP contribution >= 0.6 is 0 Å². The molecule has 0 fully saturated rings. The summed E-state index contributed by atoms with van der Waals surface area (Å²) in [5.74, 6) is -1.02. The van der Waals surface area contributed by atoms with Gasteiger partial charge in [-0.25, -0.2) is 23.7 Å². The summed E-state index contributed by atoms with van der Waals surface area (Å²) in [6.45, 7) is 6.44. The van der Waals surface area contributed by atoms with Crippen LogP contribution in [0.3, 0.4) is 0 Å². The van der Waals surface area contributed by atoms with Crippen LogP contribution in [0.15, 0.2) is 67.1 Å². The molecule has 0 saturated carbocycles. The predicted octanol–water partition coefficient (Wildman–Crippen LogP) is 5.86. The summed E-state index contributed by atoms with van der Waals surface area (Å²) in [4.78, 5) is 25.6. The van der Waals surface area contributed by atoms with Crippen LogP contribution in [0.4, 0.5) is 20.3 Å². The molecule has 0 amide bonds. The van der Waals surface area contributed by atoms with Gasteiger partial charge < -0.3 is 20.4 Å². The number of allylic oxidation sites excluding steroid dienone is 1. The summed E-state index contributed by atoms with van der Waals surface area (Å²) in [7, 11) is 3.72. The van der Waals surface area contributed by atoms with E-state index >= 15 is 4.39 Å². The van der Waals surface area contributed by atoms with Crippen molar-refractivity contribution in [3.05, 3.63) is 84.5 Å². The number of anilines is 2. The number of nitrogens with zero attached hydrogens (tertiary/aromatic N) is 5. The second kappa shape index (κ2) is 11.7. The van der Waals surface area contributed by atoms with Gasteiger partial charge in [0.05, 0.1) is 23.0 Å². The number of carbonyl (C=O) groups excluding carboxylic acids is 1. The third kappa shape index (κ3) is 5.63. The van der Waals surface area contributed by atoms with Crippen LogP contribution in [-0.4, -0.2) is 37.8 Å². The van der Waals surface area contributed by atoms with Crippen LogP contribution in [0, 0.1) is 18.6 Å². The van der Waals surface area contributed by atoms with Crippen molar-refractivity contribution in [1.29, 1.82) is 0 Å². The number of aryl methyl sites for hydroxylation is 2. The zero-order valence-electron chi connectivity index (χ0n) is 22.4. The first-order valence-electron chi connectivity index (χ1n) is 12.1. The topological polar surface area (TPSA) is 121 Å². The molecule has 204 valence electrons. The van der Waals surface area contributed by atoms with Crippen molar-refractivity contribution < 1.29 is 18.3 Å². The lowest BCUT2D eigenvalue weighted by molar-refractivity contribution is -0.104. The third-order valence-corrected chi connectivity index (χ3v) is 5.96. The van der Waals surface area contributed by atoms with E-state index in [4.69, 9.17) is 10.5 Å². The van der Waals surface area contributed by atoms with Crippen LogP contribution in [0.2, 0.25) is 0 Å². The number of rotatable bonds is 6. The number of hydrogen-bond acceptors (Lipinski definition) is 8. The van der Waals surface area contributed by atoms with Gasteiger partial charge in [0.25, 0.3) is 0 Å². The minimum absolute atomic E-state index is 0.0934. The molecule has 0 aliphatic carbocycles. The van der Waals surface area contributed by atoms with Crippen molar-refractivity contribution >= 4 is 28.8 Å². The van der Waals surface area contributed by atoms with Gasteiger partial charge in [0, 0.05) is 25.3 Å². The first kappa shape index (κ1) is 27.8. The summed E-state index contributed by atoms with van der Waals surface area (Å²) in [6.07, 6.45) is 3.10. The molecule has 0 unspecified atom stereocenters. The summed E-state index contributed by atoms with van der Waals surface area (Å²) in [5.41, 5.74) is 11.5. The van der Waals surface area contributed by atoms with Crippen molar-refractivity contribution in [1.82, 2.24) is 24.5 Å². The normalized spacial score (nSPS) is 10.6. The SMILES string of the molecule is C=C(C)C=O.CNc1ccc(-c2c(-c3ccc(Oc4ncc(F)c(C)n4)c(F)c3)c3c(N)ncnc3n2C)cc1. The second-order valence-electron chi connectivity index (χ2n) is 8.86. The molecule has 0 radical (unpaired) electrons. The molecule has 0 aliphatic rings. The highest BCUT2D eigenvalue weighted by Crippen LogP contribution is 2.42. The van der Waals surface area contributed by atoms with Gasteiger partial charge in [-0.3, -0.25) is 4.79 Å². The van der Waals surface area contributed by atoms with E-state index < -0.39 is 11.6 Å². The van der Waals surface area contributed by atoms with Crippen molar-refractivity contribution in [2.45, 2.75) is 13.8 Å². The third-order valence-electron chi connectivity index (χ3n) is 5.96. The van der Waals surface area contributed by atoms with E-state index in [1.807, 2.05) is 42.9 Å². The number of halogens is 2. The molecule has 0 saturated heterocycles. The molecule has 0 aliphatic heterocycles. The summed E-state index contributed by atoms with van der Waals surface area (Å²) in [6, 6.07) is 12.2. The minimum Gasteiger partial charge on any atom is -0.421 e. The summed E-state index contributed by atoms with van der Waals surface area (Å²) in [5, 5.41) is 3.72. The molecule has 3 heterocycles. The fourth-order valence-corrected chi connectivity index (χ4v) is 4.01. The maximum Gasteiger partial charge on any atom is 0.322 e. The predicted molar refractivity (Wildman–Crippen MR) is 151 cm³/mol. The number of benzene rings is 2. The lowest BCUT2D eigenvalue weighted by Gasteiger charge is -2.11. The Hall–Kier alpha value is -5.19. The molecule has 0 atom stereocenters. The van der Waals surface area contributed by atoms with E-state index in [1.54, 1.807) is 13.0 Å². The number of hydrogen-bond donors (Lipinski definition) is 2. The highest BCUT2D eigenvalue weighted by molar-refractivity contribution is 6.07. The van der Waals surface area contributed by atoms with Crippen molar-refractivity contribution in [3.8, 4) is 34.1 Å². The number of ether oxygens (including phenoxy) is 1. The number of carbonyl (C=O) groups is 1. The zero-order chi connectivity index (χ0) is 29.0. The number of aromatic nitrogens is 5. The Morgan fingerprint density at radius 3 is 2.35 bits per heavy atom. The Kier molecular flexibility index (Phi) is 8.13. The number of fused-ring (bicyclic) bond motifs is 1. The average Bonchev–Trinajstić information content (AvgIpc) is 3.25. The quantitative estimate of drug-likeness (QED) is 0.202. The number of aldehydes is 1. The van der Waals surface area contributed by atoms with Crippen LogP contribution in [-0.2, 0) is 11.8 Å². The lowest BCUT2D eigenvalue weighted by Crippen LogP contribution is -1.98. The Bertz CT molecular complexity index is 1720. The maximum atomic E-state index is 15.2. The van der Waals surface area contributed by atoms with Crippen LogP contribution < -0.4 is 15.8 Å². The Morgan fingerprint density at radius 2 is 1.75 bits per heavy atom. The fraction of sp³-hybridized carbons (Fsp3) is 0.138. The first-order valence-corrected chi connectivity index (χ1v) is 12.1. The van der Waals surface area contributed by atoms with E-state index in [1.165, 1.54) is 25.4 Å². The molecule has 0 spiro atoms. The van der Waals surface area contributed by atoms with Crippen molar-refractivity contribution in [2.75, 3.05) is 18.1 Å². The Labute approximate surface area is 229 Å². The lowest BCUT2D eigenvalue weighted by atomic mass is 9.98. The summed E-state index contributed by atoms with van der Waals surface area (Å²) >= 11 is 0. The van der Waals surface area contributed by atoms with Gasteiger partial charge in [-0.05, 0) is 54.8 Å². The Balaban J connectivity index is 0.000000681. The maximum absolute atomic E-state index is 15.2. The first-order chi connectivity index (χ1) is 19.1. The largest absolute Gasteiger partial charge is 0.421 e. The zero-order valence-corrected chi connectivity index (χ0v) is 22.4. The number of nitrogen functional groups attached to an aromatic ring is 1. The van der Waals surface area contributed by atoms with Crippen LogP contribution in [0.1, 0.15) is 12.6 Å². The minimum atomic E-state index is -0.642. The molecule has 3 aromatic heterocycles. The molecular formula is C29H27F2N7O2. The van der Waals surface area contributed by atoms with E-state index in [9.17, 15) is 9.18 Å². The number of nitrogens with two attached hydrogens (primary N) is 1. The molecule has 3 N–H and O–H groups in total. The van der Waals surface area contributed by atoms with Gasteiger partial charge >= 0.3 is 6.01 Å². The summed E-state index contributed by atoms with van der Waals surface area (Å²) < 4.78 is 36.0. The molecule has 5 aromatic rings. The molecule has 40 heavy (non-hydrogen) atoms. The van der Waals surface area contributed by atoms with E-state index in [-0.39, 0.29) is 23.3 Å². The van der Waals surface area contributed by atoms with E-state index in [2.05, 4.69) is 31.8 Å². The van der Waals surface area contributed by atoms with Crippen molar-refractivity contribution in [2.24, 2.45) is 7.05 Å². The average molecular weight is 544 g/mol. The molecule has 5 rings (SSSR count). The standard InChI is InChI=1S/C25H21F2N7O.C4H6O/c1-13-18(27)11-30-25(33-13)35-19-9-6-15(10-17(19)26)20-21-23(28)31-12-32-24(21)34(3)22(20)14-4-7-16(29-2)8-5-14;1-4(2)3-5/h4-12,29H,1-3H3,(H2,28,31,32);3H,1H2,2H3. The highest BCUT2D eigenvalue weighted by Gasteiger charge is 2.23. The fourth-order valence-electron chi connectivity index (χ4n) is 4.01.